The third-order valence-electron chi connectivity index (χ3n) is 5.09. The van der Waals surface area contributed by atoms with E-state index in [0.717, 1.165) is 32.4 Å². The highest BCUT2D eigenvalue weighted by Gasteiger charge is 2.28. The molecule has 0 N–H and O–H groups in total. The molecular formula is C23H23BrN2O3. The summed E-state index contributed by atoms with van der Waals surface area (Å²) in [5, 5.41) is 0.841. The SMILES string of the molecule is COc1ccc(-c2cc(C(=O)N3C[C@H](C)O[C@@H](C)C3)c3cc(Br)ccc3n2)cc1. The Hall–Kier alpha value is -2.44. The summed E-state index contributed by atoms with van der Waals surface area (Å²) in [6, 6.07) is 15.4. The van der Waals surface area contributed by atoms with Gasteiger partial charge in [-0.05, 0) is 62.4 Å². The maximum Gasteiger partial charge on any atom is 0.254 e. The van der Waals surface area contributed by atoms with Gasteiger partial charge in [0.1, 0.15) is 5.75 Å². The van der Waals surface area contributed by atoms with Crippen LogP contribution in [0.25, 0.3) is 22.2 Å². The molecule has 2 atom stereocenters. The van der Waals surface area contributed by atoms with Gasteiger partial charge in [0.2, 0.25) is 0 Å². The molecule has 0 bridgehead atoms. The lowest BCUT2D eigenvalue weighted by molar-refractivity contribution is -0.0585. The van der Waals surface area contributed by atoms with E-state index in [-0.39, 0.29) is 18.1 Å². The van der Waals surface area contributed by atoms with E-state index in [1.807, 2.05) is 67.3 Å². The summed E-state index contributed by atoms with van der Waals surface area (Å²) in [5.74, 6) is 0.790. The van der Waals surface area contributed by atoms with Gasteiger partial charge in [0, 0.05) is 28.5 Å². The summed E-state index contributed by atoms with van der Waals surface area (Å²) >= 11 is 3.52. The van der Waals surface area contributed by atoms with E-state index in [2.05, 4.69) is 15.9 Å². The largest absolute Gasteiger partial charge is 0.497 e. The molecule has 0 radical (unpaired) electrons. The zero-order valence-corrected chi connectivity index (χ0v) is 18.3. The van der Waals surface area contributed by atoms with Gasteiger partial charge in [-0.2, -0.15) is 0 Å². The van der Waals surface area contributed by atoms with Crippen LogP contribution in [0.3, 0.4) is 0 Å². The molecule has 2 heterocycles. The molecule has 1 fully saturated rings. The lowest BCUT2D eigenvalue weighted by Gasteiger charge is -2.35. The summed E-state index contributed by atoms with van der Waals surface area (Å²) in [6.45, 7) is 5.16. The lowest BCUT2D eigenvalue weighted by Crippen LogP contribution is -2.48. The zero-order chi connectivity index (χ0) is 20.5. The van der Waals surface area contributed by atoms with Crippen LogP contribution in [-0.2, 0) is 4.74 Å². The smallest absolute Gasteiger partial charge is 0.254 e. The highest BCUT2D eigenvalue weighted by atomic mass is 79.9. The first-order chi connectivity index (χ1) is 13.9. The molecule has 150 valence electrons. The number of benzene rings is 2. The Morgan fingerprint density at radius 2 is 1.79 bits per heavy atom. The maximum absolute atomic E-state index is 13.5. The van der Waals surface area contributed by atoms with Crippen molar-refractivity contribution in [2.45, 2.75) is 26.1 Å². The molecule has 1 aromatic heterocycles. The Bertz CT molecular complexity index is 1040. The maximum atomic E-state index is 13.5. The predicted molar refractivity (Wildman–Crippen MR) is 117 cm³/mol. The van der Waals surface area contributed by atoms with Crippen molar-refractivity contribution in [1.29, 1.82) is 0 Å². The van der Waals surface area contributed by atoms with Crippen LogP contribution in [0.2, 0.25) is 0 Å². The second-order valence-electron chi connectivity index (χ2n) is 7.41. The van der Waals surface area contributed by atoms with E-state index in [9.17, 15) is 4.79 Å². The van der Waals surface area contributed by atoms with E-state index in [0.29, 0.717) is 18.7 Å². The molecule has 6 heteroatoms. The molecule has 2 aromatic carbocycles. The number of morpholine rings is 1. The summed E-state index contributed by atoms with van der Waals surface area (Å²) < 4.78 is 12.0. The molecule has 0 unspecified atom stereocenters. The van der Waals surface area contributed by atoms with Gasteiger partial charge in [0.05, 0.1) is 36.1 Å². The number of hydrogen-bond acceptors (Lipinski definition) is 4. The van der Waals surface area contributed by atoms with Gasteiger partial charge in [-0.25, -0.2) is 4.98 Å². The molecule has 4 rings (SSSR count). The van der Waals surface area contributed by atoms with E-state index < -0.39 is 0 Å². The van der Waals surface area contributed by atoms with Crippen LogP contribution in [-0.4, -0.2) is 48.2 Å². The fourth-order valence-corrected chi connectivity index (χ4v) is 4.16. The Morgan fingerprint density at radius 3 is 2.45 bits per heavy atom. The number of hydrogen-bond donors (Lipinski definition) is 0. The van der Waals surface area contributed by atoms with Gasteiger partial charge in [-0.1, -0.05) is 15.9 Å². The minimum absolute atomic E-state index is 0.00672. The number of nitrogens with zero attached hydrogens (tertiary/aromatic N) is 2. The molecule has 0 spiro atoms. The van der Waals surface area contributed by atoms with Gasteiger partial charge < -0.3 is 14.4 Å². The second-order valence-corrected chi connectivity index (χ2v) is 8.33. The van der Waals surface area contributed by atoms with E-state index in [1.54, 1.807) is 7.11 Å². The summed E-state index contributed by atoms with van der Waals surface area (Å²) in [7, 11) is 1.64. The monoisotopic (exact) mass is 454 g/mol. The van der Waals surface area contributed by atoms with Gasteiger partial charge in [0.15, 0.2) is 0 Å². The topological polar surface area (TPSA) is 51.7 Å². The van der Waals surface area contributed by atoms with Crippen molar-refractivity contribution in [3.05, 3.63) is 58.6 Å². The fraction of sp³-hybridized carbons (Fsp3) is 0.304. The first-order valence-corrected chi connectivity index (χ1v) is 10.4. The lowest BCUT2D eigenvalue weighted by atomic mass is 10.0. The molecule has 1 amide bonds. The Kier molecular flexibility index (Phi) is 5.56. The number of carbonyl (C=O) groups excluding carboxylic acids is 1. The van der Waals surface area contributed by atoms with Crippen molar-refractivity contribution in [2.24, 2.45) is 0 Å². The van der Waals surface area contributed by atoms with Gasteiger partial charge in [0.25, 0.3) is 5.91 Å². The molecule has 3 aromatic rings. The fourth-order valence-electron chi connectivity index (χ4n) is 3.80. The number of pyridine rings is 1. The first-order valence-electron chi connectivity index (χ1n) is 9.64. The van der Waals surface area contributed by atoms with Crippen LogP contribution in [0.1, 0.15) is 24.2 Å². The van der Waals surface area contributed by atoms with Crippen LogP contribution >= 0.6 is 15.9 Å². The molecule has 1 aliphatic rings. The Labute approximate surface area is 178 Å². The number of halogens is 1. The third kappa shape index (κ3) is 4.14. The number of fused-ring (bicyclic) bond motifs is 1. The van der Waals surface area contributed by atoms with Gasteiger partial charge in [-0.3, -0.25) is 4.79 Å². The average molecular weight is 455 g/mol. The van der Waals surface area contributed by atoms with Gasteiger partial charge in [-0.15, -0.1) is 0 Å². The molecular weight excluding hydrogens is 432 g/mol. The molecule has 1 saturated heterocycles. The average Bonchev–Trinajstić information content (AvgIpc) is 2.72. The van der Waals surface area contributed by atoms with Crippen molar-refractivity contribution in [3.8, 4) is 17.0 Å². The Balaban J connectivity index is 1.82. The first kappa shape index (κ1) is 19.9. The molecule has 1 aliphatic heterocycles. The summed E-state index contributed by atoms with van der Waals surface area (Å²) in [4.78, 5) is 20.2. The molecule has 29 heavy (non-hydrogen) atoms. The molecule has 5 nitrogen and oxygen atoms in total. The van der Waals surface area contributed by atoms with Crippen LogP contribution < -0.4 is 4.74 Å². The van der Waals surface area contributed by atoms with Crippen molar-refractivity contribution in [3.63, 3.8) is 0 Å². The highest BCUT2D eigenvalue weighted by Crippen LogP contribution is 2.29. The van der Waals surface area contributed by atoms with E-state index >= 15 is 0 Å². The summed E-state index contributed by atoms with van der Waals surface area (Å²) in [6.07, 6.45) is 0.0344. The van der Waals surface area contributed by atoms with Crippen LogP contribution in [0.4, 0.5) is 0 Å². The van der Waals surface area contributed by atoms with E-state index in [4.69, 9.17) is 14.5 Å². The summed E-state index contributed by atoms with van der Waals surface area (Å²) in [5.41, 5.74) is 3.15. The van der Waals surface area contributed by atoms with Crippen LogP contribution in [0, 0.1) is 0 Å². The van der Waals surface area contributed by atoms with Crippen molar-refractivity contribution >= 4 is 32.7 Å². The van der Waals surface area contributed by atoms with Crippen LogP contribution in [0.5, 0.6) is 5.75 Å². The minimum atomic E-state index is 0.00672. The number of ether oxygens (including phenoxy) is 2. The van der Waals surface area contributed by atoms with Gasteiger partial charge >= 0.3 is 0 Å². The molecule has 0 aliphatic carbocycles. The van der Waals surface area contributed by atoms with E-state index in [1.165, 1.54) is 0 Å². The number of amides is 1. The normalized spacial score (nSPS) is 19.4. The number of carbonyl (C=O) groups is 1. The quantitative estimate of drug-likeness (QED) is 0.563. The van der Waals surface area contributed by atoms with Crippen LogP contribution in [0.15, 0.2) is 53.0 Å². The second kappa shape index (κ2) is 8.13. The number of aromatic nitrogens is 1. The van der Waals surface area contributed by atoms with Crippen molar-refractivity contribution < 1.29 is 14.3 Å². The zero-order valence-electron chi connectivity index (χ0n) is 16.7. The number of rotatable bonds is 3. The minimum Gasteiger partial charge on any atom is -0.497 e. The standard InChI is InChI=1S/C23H23BrN2O3/c1-14-12-26(13-15(2)29-14)23(27)20-11-22(16-4-7-18(28-3)8-5-16)25-21-9-6-17(24)10-19(20)21/h4-11,14-15H,12-13H2,1-3H3/t14-,15-/m0/s1. The van der Waals surface area contributed by atoms with Crippen molar-refractivity contribution in [1.82, 2.24) is 9.88 Å². The Morgan fingerprint density at radius 1 is 1.10 bits per heavy atom. The molecule has 0 saturated carbocycles. The third-order valence-corrected chi connectivity index (χ3v) is 5.59. The highest BCUT2D eigenvalue weighted by molar-refractivity contribution is 9.10. The predicted octanol–water partition coefficient (Wildman–Crippen LogP) is 4.92. The number of methoxy groups -OCH3 is 1. The van der Waals surface area contributed by atoms with Crippen molar-refractivity contribution in [2.75, 3.05) is 20.2 Å².